The number of piperazine rings is 1. The third-order valence-corrected chi connectivity index (χ3v) is 4.84. The molecule has 1 aliphatic rings. The van der Waals surface area contributed by atoms with Gasteiger partial charge in [-0.05, 0) is 17.9 Å². The maximum absolute atomic E-state index is 12.9. The van der Waals surface area contributed by atoms with Crippen LogP contribution in [0.1, 0.15) is 26.2 Å². The first-order valence-electron chi connectivity index (χ1n) is 8.92. The van der Waals surface area contributed by atoms with E-state index in [9.17, 15) is 9.59 Å². The van der Waals surface area contributed by atoms with Crippen molar-refractivity contribution in [2.75, 3.05) is 25.5 Å². The number of carbonyl (C=O) groups excluding carboxylic acids is 2. The number of likely N-dealkylation sites (N-methyl/N-ethyl adjacent to an activating group) is 1. The number of fused-ring (bicyclic) bond motifs is 1. The van der Waals surface area contributed by atoms with Crippen LogP contribution in [0.3, 0.4) is 0 Å². The number of urea groups is 1. The van der Waals surface area contributed by atoms with E-state index >= 15 is 0 Å². The first-order chi connectivity index (χ1) is 12.1. The van der Waals surface area contributed by atoms with Crippen molar-refractivity contribution in [2.24, 2.45) is 0 Å². The Balaban J connectivity index is 1.82. The van der Waals surface area contributed by atoms with E-state index in [1.807, 2.05) is 42.5 Å². The first-order valence-corrected chi connectivity index (χ1v) is 8.92. The summed E-state index contributed by atoms with van der Waals surface area (Å²) in [4.78, 5) is 28.8. The lowest BCUT2D eigenvalue weighted by Gasteiger charge is -2.39. The summed E-state index contributed by atoms with van der Waals surface area (Å²) in [5.41, 5.74) is 0.781. The lowest BCUT2D eigenvalue weighted by Crippen LogP contribution is -2.58. The zero-order chi connectivity index (χ0) is 17.8. The standard InChI is InChI=1S/C20H25N3O2/c1-3-4-12-18-19(24)22(2)13-14-23(18)20(25)21-17-11-7-9-15-8-5-6-10-16(15)17/h5-11,18H,3-4,12-14H2,1-2H3,(H,21,25)/t18-/m0/s1. The number of amides is 3. The van der Waals surface area contributed by atoms with E-state index in [0.717, 1.165) is 29.3 Å². The van der Waals surface area contributed by atoms with Gasteiger partial charge in [-0.25, -0.2) is 4.79 Å². The van der Waals surface area contributed by atoms with Crippen molar-refractivity contribution in [3.05, 3.63) is 42.5 Å². The minimum atomic E-state index is -0.367. The van der Waals surface area contributed by atoms with E-state index in [2.05, 4.69) is 12.2 Å². The zero-order valence-electron chi connectivity index (χ0n) is 14.9. The van der Waals surface area contributed by atoms with Crippen molar-refractivity contribution in [3.63, 3.8) is 0 Å². The summed E-state index contributed by atoms with van der Waals surface area (Å²) in [5, 5.41) is 5.10. The molecule has 2 aromatic rings. The van der Waals surface area contributed by atoms with Gasteiger partial charge < -0.3 is 15.1 Å². The molecule has 132 valence electrons. The fraction of sp³-hybridized carbons (Fsp3) is 0.400. The third-order valence-electron chi connectivity index (χ3n) is 4.84. The molecule has 1 heterocycles. The van der Waals surface area contributed by atoms with E-state index in [0.29, 0.717) is 19.5 Å². The second kappa shape index (κ2) is 7.55. The van der Waals surface area contributed by atoms with Crippen molar-refractivity contribution in [1.82, 2.24) is 9.80 Å². The summed E-state index contributed by atoms with van der Waals surface area (Å²) < 4.78 is 0. The van der Waals surface area contributed by atoms with Gasteiger partial charge in [-0.1, -0.05) is 56.2 Å². The molecule has 1 saturated heterocycles. The van der Waals surface area contributed by atoms with Crippen LogP contribution in [0.15, 0.2) is 42.5 Å². The average molecular weight is 339 g/mol. The largest absolute Gasteiger partial charge is 0.342 e. The Labute approximate surface area is 148 Å². The van der Waals surface area contributed by atoms with Crippen LogP contribution in [-0.2, 0) is 4.79 Å². The maximum atomic E-state index is 12.9. The lowest BCUT2D eigenvalue weighted by atomic mass is 10.0. The van der Waals surface area contributed by atoms with Crippen LogP contribution in [-0.4, -0.2) is 47.9 Å². The van der Waals surface area contributed by atoms with E-state index in [1.54, 1.807) is 16.8 Å². The molecule has 1 fully saturated rings. The highest BCUT2D eigenvalue weighted by molar-refractivity contribution is 6.02. The summed E-state index contributed by atoms with van der Waals surface area (Å²) in [5.74, 6) is 0.0350. The molecule has 0 unspecified atom stereocenters. The van der Waals surface area contributed by atoms with Gasteiger partial charge >= 0.3 is 6.03 Å². The number of hydrogen-bond donors (Lipinski definition) is 1. The predicted octanol–water partition coefficient (Wildman–Crippen LogP) is 3.70. The second-order valence-corrected chi connectivity index (χ2v) is 6.57. The van der Waals surface area contributed by atoms with Gasteiger partial charge in [-0.15, -0.1) is 0 Å². The highest BCUT2D eigenvalue weighted by Crippen LogP contribution is 2.24. The molecule has 25 heavy (non-hydrogen) atoms. The summed E-state index contributed by atoms with van der Waals surface area (Å²) in [6.07, 6.45) is 2.65. The molecular weight excluding hydrogens is 314 g/mol. The monoisotopic (exact) mass is 339 g/mol. The zero-order valence-corrected chi connectivity index (χ0v) is 14.9. The van der Waals surface area contributed by atoms with Gasteiger partial charge in [0.2, 0.25) is 5.91 Å². The van der Waals surface area contributed by atoms with Gasteiger partial charge in [0.15, 0.2) is 0 Å². The van der Waals surface area contributed by atoms with Crippen molar-refractivity contribution in [1.29, 1.82) is 0 Å². The Bertz CT molecular complexity index is 769. The number of nitrogens with zero attached hydrogens (tertiary/aromatic N) is 2. The number of anilines is 1. The normalized spacial score (nSPS) is 17.8. The fourth-order valence-corrected chi connectivity index (χ4v) is 3.35. The molecular formula is C20H25N3O2. The molecule has 0 spiro atoms. The Morgan fingerprint density at radius 2 is 1.92 bits per heavy atom. The van der Waals surface area contributed by atoms with E-state index in [1.165, 1.54) is 0 Å². The summed E-state index contributed by atoms with van der Waals surface area (Å²) >= 11 is 0. The molecule has 1 N–H and O–H groups in total. The number of benzene rings is 2. The Hall–Kier alpha value is -2.56. The van der Waals surface area contributed by atoms with Gasteiger partial charge in [0, 0.05) is 25.5 Å². The van der Waals surface area contributed by atoms with Gasteiger partial charge in [0.25, 0.3) is 0 Å². The van der Waals surface area contributed by atoms with E-state index < -0.39 is 0 Å². The molecule has 5 nitrogen and oxygen atoms in total. The number of carbonyl (C=O) groups is 2. The molecule has 3 rings (SSSR count). The number of nitrogens with one attached hydrogen (secondary N) is 1. The summed E-state index contributed by atoms with van der Waals surface area (Å²) in [6, 6.07) is 13.3. The Morgan fingerprint density at radius 3 is 2.72 bits per heavy atom. The van der Waals surface area contributed by atoms with Gasteiger partial charge in [0.1, 0.15) is 6.04 Å². The molecule has 0 saturated carbocycles. The van der Waals surface area contributed by atoms with Crippen molar-refractivity contribution >= 4 is 28.4 Å². The third kappa shape index (κ3) is 3.60. The van der Waals surface area contributed by atoms with Gasteiger partial charge in [0.05, 0.1) is 5.69 Å². The Morgan fingerprint density at radius 1 is 1.16 bits per heavy atom. The van der Waals surface area contributed by atoms with Crippen LogP contribution in [0.5, 0.6) is 0 Å². The molecule has 5 heteroatoms. The first kappa shape index (κ1) is 17.3. The maximum Gasteiger partial charge on any atom is 0.322 e. The van der Waals surface area contributed by atoms with Gasteiger partial charge in [-0.3, -0.25) is 4.79 Å². The van der Waals surface area contributed by atoms with Crippen LogP contribution >= 0.6 is 0 Å². The topological polar surface area (TPSA) is 52.7 Å². The van der Waals surface area contributed by atoms with Crippen LogP contribution < -0.4 is 5.32 Å². The fourth-order valence-electron chi connectivity index (χ4n) is 3.35. The van der Waals surface area contributed by atoms with Crippen LogP contribution in [0.4, 0.5) is 10.5 Å². The molecule has 1 aliphatic heterocycles. The molecule has 0 bridgehead atoms. The van der Waals surface area contributed by atoms with Crippen LogP contribution in [0.2, 0.25) is 0 Å². The van der Waals surface area contributed by atoms with E-state index in [4.69, 9.17) is 0 Å². The van der Waals surface area contributed by atoms with Crippen molar-refractivity contribution in [3.8, 4) is 0 Å². The summed E-state index contributed by atoms with van der Waals surface area (Å²) in [7, 11) is 1.81. The van der Waals surface area contributed by atoms with Crippen LogP contribution in [0, 0.1) is 0 Å². The lowest BCUT2D eigenvalue weighted by molar-refractivity contribution is -0.138. The minimum Gasteiger partial charge on any atom is -0.342 e. The van der Waals surface area contributed by atoms with E-state index in [-0.39, 0.29) is 18.0 Å². The molecule has 0 radical (unpaired) electrons. The number of rotatable bonds is 4. The molecule has 0 aliphatic carbocycles. The number of unbranched alkanes of at least 4 members (excludes halogenated alkanes) is 1. The SMILES string of the molecule is CCCC[C@H]1C(=O)N(C)CCN1C(=O)Nc1cccc2ccccc12. The average Bonchev–Trinajstić information content (AvgIpc) is 2.63. The smallest absolute Gasteiger partial charge is 0.322 e. The Kier molecular flexibility index (Phi) is 5.22. The summed E-state index contributed by atoms with van der Waals surface area (Å²) in [6.45, 7) is 3.23. The molecule has 1 atom stereocenters. The minimum absolute atomic E-state index is 0.0350. The highest BCUT2D eigenvalue weighted by Gasteiger charge is 2.35. The van der Waals surface area contributed by atoms with Crippen molar-refractivity contribution < 1.29 is 9.59 Å². The van der Waals surface area contributed by atoms with Crippen molar-refractivity contribution in [2.45, 2.75) is 32.2 Å². The molecule has 2 aromatic carbocycles. The predicted molar refractivity (Wildman–Crippen MR) is 101 cm³/mol. The van der Waals surface area contributed by atoms with Crippen LogP contribution in [0.25, 0.3) is 10.8 Å². The second-order valence-electron chi connectivity index (χ2n) is 6.57. The molecule has 0 aromatic heterocycles. The quantitative estimate of drug-likeness (QED) is 0.923. The molecule has 3 amide bonds. The van der Waals surface area contributed by atoms with Gasteiger partial charge in [-0.2, -0.15) is 0 Å². The number of hydrogen-bond acceptors (Lipinski definition) is 2. The highest BCUT2D eigenvalue weighted by atomic mass is 16.2.